The number of hydrogen-bond acceptors (Lipinski definition) is 5. The summed E-state index contributed by atoms with van der Waals surface area (Å²) in [4.78, 5) is 23.6. The Morgan fingerprint density at radius 2 is 1.91 bits per heavy atom. The number of fused-ring (bicyclic) bond motifs is 1. The lowest BCUT2D eigenvalue weighted by atomic mass is 10.1. The van der Waals surface area contributed by atoms with E-state index in [1.165, 1.54) is 11.6 Å². The van der Waals surface area contributed by atoms with Crippen LogP contribution in [0.3, 0.4) is 0 Å². The van der Waals surface area contributed by atoms with Crippen LogP contribution in [0.5, 0.6) is 0 Å². The van der Waals surface area contributed by atoms with Crippen LogP contribution in [0, 0.1) is 0 Å². The van der Waals surface area contributed by atoms with Crippen LogP contribution in [0.1, 0.15) is 11.1 Å². The lowest BCUT2D eigenvalue weighted by Crippen LogP contribution is -2.35. The van der Waals surface area contributed by atoms with E-state index in [2.05, 4.69) is 32.3 Å². The third kappa shape index (κ3) is 5.00. The highest BCUT2D eigenvalue weighted by molar-refractivity contribution is 6.02. The van der Waals surface area contributed by atoms with Gasteiger partial charge in [-0.05, 0) is 42.0 Å². The van der Waals surface area contributed by atoms with Crippen molar-refractivity contribution in [3.8, 4) is 11.3 Å². The van der Waals surface area contributed by atoms with E-state index in [0.717, 1.165) is 61.0 Å². The molecular weight excluding hydrogens is 414 g/mol. The number of carbonyl (C=O) groups excluding carboxylic acids is 1. The number of ether oxygens (including phenoxy) is 1. The number of pyridine rings is 2. The quantitative estimate of drug-likeness (QED) is 0.462. The molecule has 1 saturated heterocycles. The molecule has 1 aliphatic rings. The Hall–Kier alpha value is -3.81. The number of hydrogen-bond donors (Lipinski definition) is 1. The van der Waals surface area contributed by atoms with Crippen LogP contribution < -0.4 is 5.32 Å². The largest absolute Gasteiger partial charge is 0.379 e. The first kappa shape index (κ1) is 21.1. The average molecular weight is 440 g/mol. The topological polar surface area (TPSA) is 71.8 Å². The third-order valence-electron chi connectivity index (χ3n) is 5.69. The van der Waals surface area contributed by atoms with Crippen LogP contribution in [0.4, 0.5) is 5.69 Å². The monoisotopic (exact) mass is 439 g/mol. The van der Waals surface area contributed by atoms with Gasteiger partial charge in [0.05, 0.1) is 25.1 Å². The highest BCUT2D eigenvalue weighted by Crippen LogP contribution is 2.25. The van der Waals surface area contributed by atoms with Gasteiger partial charge in [-0.25, -0.2) is 4.98 Å². The van der Waals surface area contributed by atoms with Crippen molar-refractivity contribution in [2.45, 2.75) is 6.54 Å². The summed E-state index contributed by atoms with van der Waals surface area (Å²) in [5, 5.41) is 2.93. The fourth-order valence-electron chi connectivity index (χ4n) is 3.96. The first-order valence-electron chi connectivity index (χ1n) is 11.0. The summed E-state index contributed by atoms with van der Waals surface area (Å²) in [6, 6.07) is 15.8. The molecule has 1 aromatic carbocycles. The van der Waals surface area contributed by atoms with Crippen molar-refractivity contribution >= 4 is 23.3 Å². The van der Waals surface area contributed by atoms with E-state index in [0.29, 0.717) is 0 Å². The maximum absolute atomic E-state index is 12.5. The van der Waals surface area contributed by atoms with Crippen LogP contribution in [0.2, 0.25) is 0 Å². The van der Waals surface area contributed by atoms with E-state index in [4.69, 9.17) is 4.74 Å². The summed E-state index contributed by atoms with van der Waals surface area (Å²) in [7, 11) is 0. The minimum Gasteiger partial charge on any atom is -0.379 e. The van der Waals surface area contributed by atoms with E-state index in [9.17, 15) is 4.79 Å². The molecule has 1 aliphatic heterocycles. The second-order valence-corrected chi connectivity index (χ2v) is 7.94. The SMILES string of the molecule is O=C(/C=C/c1cnccc1-c1cnc2ccccn12)Nc1ccc(CN2CCOCC2)cc1. The minimum absolute atomic E-state index is 0.191. The Kier molecular flexibility index (Phi) is 6.23. The molecule has 1 fully saturated rings. The van der Waals surface area contributed by atoms with Gasteiger partial charge in [-0.2, -0.15) is 0 Å². The van der Waals surface area contributed by atoms with Gasteiger partial charge >= 0.3 is 0 Å². The van der Waals surface area contributed by atoms with E-state index in [1.807, 2.05) is 53.2 Å². The molecule has 4 heterocycles. The molecule has 166 valence electrons. The number of anilines is 1. The molecular formula is C26H25N5O2. The summed E-state index contributed by atoms with van der Waals surface area (Å²) >= 11 is 0. The van der Waals surface area contributed by atoms with Crippen molar-refractivity contribution in [3.63, 3.8) is 0 Å². The van der Waals surface area contributed by atoms with Gasteiger partial charge in [-0.1, -0.05) is 18.2 Å². The zero-order valence-corrected chi connectivity index (χ0v) is 18.2. The number of aromatic nitrogens is 3. The third-order valence-corrected chi connectivity index (χ3v) is 5.69. The Labute approximate surface area is 192 Å². The van der Waals surface area contributed by atoms with E-state index < -0.39 is 0 Å². The van der Waals surface area contributed by atoms with Crippen molar-refractivity contribution in [3.05, 3.63) is 90.5 Å². The Balaban J connectivity index is 1.26. The smallest absolute Gasteiger partial charge is 0.248 e. The lowest BCUT2D eigenvalue weighted by molar-refractivity contribution is -0.111. The molecule has 0 atom stereocenters. The van der Waals surface area contributed by atoms with E-state index in [-0.39, 0.29) is 5.91 Å². The standard InChI is InChI=1S/C26H25N5O2/c32-26(29-22-7-4-20(5-8-22)19-30-13-15-33-16-14-30)9-6-21-17-27-11-10-23(21)24-18-28-25-3-1-2-12-31(24)25/h1-12,17-18H,13-16,19H2,(H,29,32)/b9-6+. The number of morpholine rings is 1. The number of carbonyl (C=O) groups is 1. The maximum Gasteiger partial charge on any atom is 0.248 e. The molecule has 0 bridgehead atoms. The highest BCUT2D eigenvalue weighted by atomic mass is 16.5. The molecule has 0 radical (unpaired) electrons. The second kappa shape index (κ2) is 9.77. The van der Waals surface area contributed by atoms with Gasteiger partial charge < -0.3 is 10.1 Å². The predicted molar refractivity (Wildman–Crippen MR) is 129 cm³/mol. The number of imidazole rings is 1. The Morgan fingerprint density at radius 3 is 2.76 bits per heavy atom. The van der Waals surface area contributed by atoms with Gasteiger partial charge in [-0.3, -0.25) is 19.1 Å². The predicted octanol–water partition coefficient (Wildman–Crippen LogP) is 3.88. The highest BCUT2D eigenvalue weighted by Gasteiger charge is 2.11. The normalized spacial score (nSPS) is 14.7. The van der Waals surface area contributed by atoms with Crippen LogP contribution in [-0.4, -0.2) is 51.5 Å². The molecule has 7 nitrogen and oxygen atoms in total. The zero-order chi connectivity index (χ0) is 22.5. The summed E-state index contributed by atoms with van der Waals surface area (Å²) < 4.78 is 7.42. The first-order chi connectivity index (χ1) is 16.3. The molecule has 0 saturated carbocycles. The fourth-order valence-corrected chi connectivity index (χ4v) is 3.96. The minimum atomic E-state index is -0.191. The zero-order valence-electron chi connectivity index (χ0n) is 18.2. The van der Waals surface area contributed by atoms with Crippen LogP contribution >= 0.6 is 0 Å². The van der Waals surface area contributed by atoms with Crippen molar-refractivity contribution < 1.29 is 9.53 Å². The lowest BCUT2D eigenvalue weighted by Gasteiger charge is -2.26. The molecule has 5 rings (SSSR count). The van der Waals surface area contributed by atoms with Crippen molar-refractivity contribution in [1.82, 2.24) is 19.3 Å². The van der Waals surface area contributed by atoms with Gasteiger partial charge in [-0.15, -0.1) is 0 Å². The van der Waals surface area contributed by atoms with Gasteiger partial charge in [0.2, 0.25) is 5.91 Å². The van der Waals surface area contributed by atoms with Crippen LogP contribution in [-0.2, 0) is 16.1 Å². The van der Waals surface area contributed by atoms with Crippen molar-refractivity contribution in [2.75, 3.05) is 31.6 Å². The number of nitrogens with zero attached hydrogens (tertiary/aromatic N) is 4. The summed E-state index contributed by atoms with van der Waals surface area (Å²) in [5.41, 5.74) is 5.61. The van der Waals surface area contributed by atoms with Gasteiger partial charge in [0.15, 0.2) is 0 Å². The molecule has 1 N–H and O–H groups in total. The fraction of sp³-hybridized carbons (Fsp3) is 0.192. The summed E-state index contributed by atoms with van der Waals surface area (Å²) in [6.07, 6.45) is 10.6. The van der Waals surface area contributed by atoms with Crippen LogP contribution in [0.25, 0.3) is 23.0 Å². The number of nitrogens with one attached hydrogen (secondary N) is 1. The molecule has 0 unspecified atom stereocenters. The van der Waals surface area contributed by atoms with Gasteiger partial charge in [0.1, 0.15) is 5.65 Å². The maximum atomic E-state index is 12.5. The van der Waals surface area contributed by atoms with E-state index >= 15 is 0 Å². The van der Waals surface area contributed by atoms with Gasteiger partial charge in [0, 0.05) is 61.1 Å². The molecule has 4 aromatic rings. The average Bonchev–Trinajstić information content (AvgIpc) is 3.29. The number of amides is 1. The second-order valence-electron chi connectivity index (χ2n) is 7.94. The number of benzene rings is 1. The van der Waals surface area contributed by atoms with Crippen molar-refractivity contribution in [2.24, 2.45) is 0 Å². The van der Waals surface area contributed by atoms with E-state index in [1.54, 1.807) is 18.5 Å². The molecule has 1 amide bonds. The molecule has 0 aliphatic carbocycles. The Bertz CT molecular complexity index is 1270. The summed E-state index contributed by atoms with van der Waals surface area (Å²) in [6.45, 7) is 4.38. The molecule has 33 heavy (non-hydrogen) atoms. The van der Waals surface area contributed by atoms with Crippen molar-refractivity contribution in [1.29, 1.82) is 0 Å². The Morgan fingerprint density at radius 1 is 1.06 bits per heavy atom. The molecule has 7 heteroatoms. The molecule has 0 spiro atoms. The first-order valence-corrected chi connectivity index (χ1v) is 11.0. The molecule has 3 aromatic heterocycles. The number of rotatable bonds is 6. The summed E-state index contributed by atoms with van der Waals surface area (Å²) in [5.74, 6) is -0.191. The van der Waals surface area contributed by atoms with Gasteiger partial charge in [0.25, 0.3) is 0 Å². The van der Waals surface area contributed by atoms with Crippen LogP contribution in [0.15, 0.2) is 79.4 Å².